The Balaban J connectivity index is 1.41. The molecule has 0 bridgehead atoms. The van der Waals surface area contributed by atoms with Crippen molar-refractivity contribution in [1.29, 1.82) is 0 Å². The monoisotopic (exact) mass is 415 g/mol. The van der Waals surface area contributed by atoms with Crippen molar-refractivity contribution in [2.24, 2.45) is 0 Å². The minimum absolute atomic E-state index is 0.123. The van der Waals surface area contributed by atoms with E-state index in [9.17, 15) is 9.90 Å². The van der Waals surface area contributed by atoms with Crippen LogP contribution < -0.4 is 10.1 Å². The quantitative estimate of drug-likeness (QED) is 0.529. The number of nitrogens with one attached hydrogen (secondary N) is 1. The molecule has 1 aliphatic rings. The molecule has 0 aliphatic heterocycles. The minimum atomic E-state index is -0.599. The van der Waals surface area contributed by atoms with Crippen molar-refractivity contribution in [3.05, 3.63) is 90.0 Å². The van der Waals surface area contributed by atoms with Crippen LogP contribution in [0.4, 0.5) is 0 Å². The first kappa shape index (κ1) is 21.1. The van der Waals surface area contributed by atoms with Crippen molar-refractivity contribution in [1.82, 2.24) is 5.32 Å². The molecule has 0 saturated heterocycles. The average molecular weight is 416 g/mol. The van der Waals surface area contributed by atoms with Crippen molar-refractivity contribution in [2.75, 3.05) is 6.61 Å². The average Bonchev–Trinajstić information content (AvgIpc) is 2.78. The Labute approximate surface area is 183 Å². The molecule has 1 amide bonds. The highest BCUT2D eigenvalue weighted by atomic mass is 16.5. The smallest absolute Gasteiger partial charge is 0.230 e. The van der Waals surface area contributed by atoms with Gasteiger partial charge in [0, 0.05) is 0 Å². The summed E-state index contributed by atoms with van der Waals surface area (Å²) in [6.07, 6.45) is 3.92. The zero-order chi connectivity index (χ0) is 21.6. The largest absolute Gasteiger partial charge is 0.490 e. The van der Waals surface area contributed by atoms with Crippen LogP contribution >= 0.6 is 0 Å². The molecule has 1 saturated carbocycles. The molecular weight excluding hydrogens is 386 g/mol. The van der Waals surface area contributed by atoms with Gasteiger partial charge < -0.3 is 15.2 Å². The number of aliphatic hydroxyl groups is 1. The number of hydrogen-bond acceptors (Lipinski definition) is 3. The van der Waals surface area contributed by atoms with E-state index in [0.29, 0.717) is 6.10 Å². The van der Waals surface area contributed by atoms with E-state index in [4.69, 9.17) is 4.74 Å². The summed E-state index contributed by atoms with van der Waals surface area (Å²) in [5.41, 5.74) is 3.99. The van der Waals surface area contributed by atoms with Crippen molar-refractivity contribution in [3.8, 4) is 16.9 Å². The summed E-state index contributed by atoms with van der Waals surface area (Å²) in [6.45, 7) is 1.71. The molecule has 31 heavy (non-hydrogen) atoms. The maximum atomic E-state index is 12.8. The van der Waals surface area contributed by atoms with Crippen LogP contribution in [0.15, 0.2) is 78.9 Å². The van der Waals surface area contributed by atoms with Gasteiger partial charge in [-0.3, -0.25) is 4.79 Å². The number of rotatable bonds is 8. The van der Waals surface area contributed by atoms with Crippen LogP contribution in [0.1, 0.15) is 49.3 Å². The van der Waals surface area contributed by atoms with E-state index in [1.54, 1.807) is 0 Å². The van der Waals surface area contributed by atoms with Gasteiger partial charge in [-0.2, -0.15) is 0 Å². The fourth-order valence-electron chi connectivity index (χ4n) is 3.79. The summed E-state index contributed by atoms with van der Waals surface area (Å²) in [6, 6.07) is 25.7. The molecule has 4 rings (SSSR count). The Bertz CT molecular complexity index is 979. The highest BCUT2D eigenvalue weighted by molar-refractivity contribution is 5.84. The molecule has 1 unspecified atom stereocenters. The standard InChI is InChI=1S/C27H29NO3/c1-19(20-6-3-2-4-7-20)28-27(30)26(18-29)23-12-10-21(11-13-23)22-14-16-25(17-15-22)31-24-8-5-9-24/h2-4,6-7,10-17,19,24,26,29H,5,8-9,18H2,1H3,(H,28,30)/t19-,26?/m1/s1. The predicted molar refractivity (Wildman–Crippen MR) is 123 cm³/mol. The van der Waals surface area contributed by atoms with E-state index in [1.807, 2.05) is 73.7 Å². The molecule has 2 N–H and O–H groups in total. The second-order valence-electron chi connectivity index (χ2n) is 8.19. The highest BCUT2D eigenvalue weighted by Crippen LogP contribution is 2.28. The van der Waals surface area contributed by atoms with Crippen LogP contribution in [0.25, 0.3) is 11.1 Å². The Morgan fingerprint density at radius 3 is 2.10 bits per heavy atom. The van der Waals surface area contributed by atoms with Gasteiger partial charge in [0.25, 0.3) is 0 Å². The number of ether oxygens (including phenoxy) is 1. The third-order valence-electron chi connectivity index (χ3n) is 6.01. The van der Waals surface area contributed by atoms with E-state index in [2.05, 4.69) is 17.4 Å². The van der Waals surface area contributed by atoms with E-state index in [-0.39, 0.29) is 18.6 Å². The van der Waals surface area contributed by atoms with Gasteiger partial charge in [-0.05, 0) is 60.6 Å². The van der Waals surface area contributed by atoms with Crippen LogP contribution in [0.3, 0.4) is 0 Å². The van der Waals surface area contributed by atoms with E-state index in [0.717, 1.165) is 40.8 Å². The Kier molecular flexibility index (Phi) is 6.68. The van der Waals surface area contributed by atoms with Gasteiger partial charge in [0.05, 0.1) is 24.7 Å². The number of amides is 1. The van der Waals surface area contributed by atoms with Crippen LogP contribution in [-0.2, 0) is 4.79 Å². The lowest BCUT2D eigenvalue weighted by Crippen LogP contribution is -2.33. The Hall–Kier alpha value is -3.11. The predicted octanol–water partition coefficient (Wildman–Crippen LogP) is 5.24. The first-order valence-electron chi connectivity index (χ1n) is 11.0. The molecular formula is C27H29NO3. The second kappa shape index (κ2) is 9.80. The van der Waals surface area contributed by atoms with E-state index < -0.39 is 5.92 Å². The van der Waals surface area contributed by atoms with Gasteiger partial charge in [-0.1, -0.05) is 66.7 Å². The molecule has 4 heteroatoms. The SMILES string of the molecule is C[C@@H](NC(=O)C(CO)c1ccc(-c2ccc(OC3CCC3)cc2)cc1)c1ccccc1. The molecule has 1 aliphatic carbocycles. The zero-order valence-corrected chi connectivity index (χ0v) is 17.8. The Morgan fingerprint density at radius 1 is 0.935 bits per heavy atom. The van der Waals surface area contributed by atoms with Gasteiger partial charge >= 0.3 is 0 Å². The van der Waals surface area contributed by atoms with Crippen LogP contribution in [-0.4, -0.2) is 23.7 Å². The lowest BCUT2D eigenvalue weighted by Gasteiger charge is -2.26. The van der Waals surface area contributed by atoms with Crippen molar-refractivity contribution < 1.29 is 14.6 Å². The van der Waals surface area contributed by atoms with Gasteiger partial charge in [-0.15, -0.1) is 0 Å². The third-order valence-corrected chi connectivity index (χ3v) is 6.01. The normalized spacial score (nSPS) is 15.5. The Morgan fingerprint density at radius 2 is 1.55 bits per heavy atom. The van der Waals surface area contributed by atoms with Gasteiger partial charge in [0.15, 0.2) is 0 Å². The number of carbonyl (C=O) groups is 1. The van der Waals surface area contributed by atoms with Crippen LogP contribution in [0.5, 0.6) is 5.75 Å². The lowest BCUT2D eigenvalue weighted by atomic mass is 9.95. The summed E-state index contributed by atoms with van der Waals surface area (Å²) in [5.74, 6) is 0.136. The molecule has 2 atom stereocenters. The number of benzene rings is 3. The summed E-state index contributed by atoms with van der Waals surface area (Å²) in [7, 11) is 0. The fraction of sp³-hybridized carbons (Fsp3) is 0.296. The van der Waals surface area contributed by atoms with Gasteiger partial charge in [0.1, 0.15) is 5.75 Å². The maximum absolute atomic E-state index is 12.8. The molecule has 0 radical (unpaired) electrons. The lowest BCUT2D eigenvalue weighted by molar-refractivity contribution is -0.124. The second-order valence-corrected chi connectivity index (χ2v) is 8.19. The van der Waals surface area contributed by atoms with Crippen molar-refractivity contribution >= 4 is 5.91 Å². The highest BCUT2D eigenvalue weighted by Gasteiger charge is 2.22. The fourth-order valence-corrected chi connectivity index (χ4v) is 3.79. The first-order valence-corrected chi connectivity index (χ1v) is 11.0. The molecule has 0 heterocycles. The van der Waals surface area contributed by atoms with E-state index in [1.165, 1.54) is 6.42 Å². The molecule has 3 aromatic carbocycles. The van der Waals surface area contributed by atoms with Gasteiger partial charge in [0.2, 0.25) is 5.91 Å². The first-order chi connectivity index (χ1) is 15.1. The summed E-state index contributed by atoms with van der Waals surface area (Å²) < 4.78 is 5.92. The molecule has 4 nitrogen and oxygen atoms in total. The molecule has 0 spiro atoms. The summed E-state index contributed by atoms with van der Waals surface area (Å²) >= 11 is 0. The number of hydrogen-bond donors (Lipinski definition) is 2. The number of carbonyl (C=O) groups excluding carboxylic acids is 1. The molecule has 3 aromatic rings. The third kappa shape index (κ3) is 5.15. The van der Waals surface area contributed by atoms with Crippen molar-refractivity contribution in [3.63, 3.8) is 0 Å². The summed E-state index contributed by atoms with van der Waals surface area (Å²) in [4.78, 5) is 12.8. The molecule has 1 fully saturated rings. The zero-order valence-electron chi connectivity index (χ0n) is 17.8. The minimum Gasteiger partial charge on any atom is -0.490 e. The summed E-state index contributed by atoms with van der Waals surface area (Å²) in [5, 5.41) is 12.9. The topological polar surface area (TPSA) is 58.6 Å². The van der Waals surface area contributed by atoms with Crippen LogP contribution in [0.2, 0.25) is 0 Å². The van der Waals surface area contributed by atoms with E-state index >= 15 is 0 Å². The van der Waals surface area contributed by atoms with Crippen molar-refractivity contribution in [2.45, 2.75) is 44.2 Å². The number of aliphatic hydroxyl groups excluding tert-OH is 1. The molecule has 160 valence electrons. The maximum Gasteiger partial charge on any atom is 0.230 e. The molecule has 0 aromatic heterocycles. The van der Waals surface area contributed by atoms with Crippen LogP contribution in [0, 0.1) is 0 Å². The van der Waals surface area contributed by atoms with Gasteiger partial charge in [-0.25, -0.2) is 0 Å².